The Morgan fingerprint density at radius 1 is 1.21 bits per heavy atom. The highest BCUT2D eigenvalue weighted by molar-refractivity contribution is 6.17. The van der Waals surface area contributed by atoms with Crippen LogP contribution < -0.4 is 5.32 Å². The summed E-state index contributed by atoms with van der Waals surface area (Å²) in [5.74, 6) is 0.566. The summed E-state index contributed by atoms with van der Waals surface area (Å²) in [6.45, 7) is 7.34. The number of alkyl halides is 1. The molecule has 0 unspecified atom stereocenters. The molecule has 0 bridgehead atoms. The van der Waals surface area contributed by atoms with Gasteiger partial charge in [0.25, 0.3) is 0 Å². The van der Waals surface area contributed by atoms with E-state index in [1.54, 1.807) is 7.11 Å². The maximum Gasteiger partial charge on any atom is 0.0634 e. The lowest BCUT2D eigenvalue weighted by molar-refractivity contribution is 0.0155. The molecule has 0 saturated carbocycles. The Labute approximate surface area is 92.1 Å². The van der Waals surface area contributed by atoms with E-state index in [0.29, 0.717) is 12.5 Å². The lowest BCUT2D eigenvalue weighted by Crippen LogP contribution is -2.30. The molecule has 0 saturated heterocycles. The van der Waals surface area contributed by atoms with Crippen LogP contribution in [0.25, 0.3) is 0 Å². The second-order valence-corrected chi connectivity index (χ2v) is 4.14. The Hall–Kier alpha value is 0.170. The Kier molecular flexibility index (Phi) is 8.58. The van der Waals surface area contributed by atoms with Crippen LogP contribution in [0.2, 0.25) is 0 Å². The summed E-state index contributed by atoms with van der Waals surface area (Å²) in [4.78, 5) is 0. The van der Waals surface area contributed by atoms with Crippen molar-refractivity contribution in [2.45, 2.75) is 25.9 Å². The van der Waals surface area contributed by atoms with Gasteiger partial charge in [0, 0.05) is 19.5 Å². The van der Waals surface area contributed by atoms with Gasteiger partial charge >= 0.3 is 0 Å². The Balaban J connectivity index is 3.13. The number of hydrogen-bond donors (Lipinski definition) is 1. The fourth-order valence-corrected chi connectivity index (χ4v) is 1.03. The van der Waals surface area contributed by atoms with Gasteiger partial charge in [-0.1, -0.05) is 0 Å². The lowest BCUT2D eigenvalue weighted by Gasteiger charge is -2.22. The van der Waals surface area contributed by atoms with Crippen molar-refractivity contribution < 1.29 is 9.47 Å². The second kappa shape index (κ2) is 8.48. The van der Waals surface area contributed by atoms with Gasteiger partial charge in [0.05, 0.1) is 18.8 Å². The number of nitrogens with one attached hydrogen (secondary N) is 1. The fraction of sp³-hybridized carbons (Fsp3) is 1.00. The van der Waals surface area contributed by atoms with E-state index >= 15 is 0 Å². The van der Waals surface area contributed by atoms with Gasteiger partial charge in [0.2, 0.25) is 0 Å². The first kappa shape index (κ1) is 14.2. The van der Waals surface area contributed by atoms with Crippen molar-refractivity contribution in [3.05, 3.63) is 0 Å². The SMILES string of the molecule is COC(C)(C)CCNCCOCCCl. The molecule has 0 heterocycles. The molecule has 0 aliphatic carbocycles. The molecule has 0 aliphatic heterocycles. The quantitative estimate of drug-likeness (QED) is 0.476. The molecule has 0 amide bonds. The zero-order valence-electron chi connectivity index (χ0n) is 9.44. The summed E-state index contributed by atoms with van der Waals surface area (Å²) < 4.78 is 10.5. The topological polar surface area (TPSA) is 30.5 Å². The molecule has 0 aliphatic rings. The fourth-order valence-electron chi connectivity index (χ4n) is 0.917. The van der Waals surface area contributed by atoms with Gasteiger partial charge in [-0.05, 0) is 26.8 Å². The highest BCUT2D eigenvalue weighted by Gasteiger charge is 2.14. The highest BCUT2D eigenvalue weighted by atomic mass is 35.5. The van der Waals surface area contributed by atoms with E-state index in [4.69, 9.17) is 21.1 Å². The van der Waals surface area contributed by atoms with Crippen molar-refractivity contribution >= 4 is 11.6 Å². The van der Waals surface area contributed by atoms with E-state index in [2.05, 4.69) is 19.2 Å². The number of hydrogen-bond acceptors (Lipinski definition) is 3. The molecule has 3 nitrogen and oxygen atoms in total. The van der Waals surface area contributed by atoms with Crippen LogP contribution in [-0.2, 0) is 9.47 Å². The first-order chi connectivity index (χ1) is 6.62. The van der Waals surface area contributed by atoms with Crippen LogP contribution in [0.5, 0.6) is 0 Å². The minimum Gasteiger partial charge on any atom is -0.379 e. The van der Waals surface area contributed by atoms with Crippen LogP contribution in [0.1, 0.15) is 20.3 Å². The van der Waals surface area contributed by atoms with Gasteiger partial charge in [-0.15, -0.1) is 11.6 Å². The molecular formula is C10H22ClNO2. The zero-order chi connectivity index (χ0) is 10.9. The van der Waals surface area contributed by atoms with Crippen LogP contribution in [0, 0.1) is 0 Å². The second-order valence-electron chi connectivity index (χ2n) is 3.77. The van der Waals surface area contributed by atoms with Crippen molar-refractivity contribution in [3.8, 4) is 0 Å². The maximum atomic E-state index is 5.46. The first-order valence-corrected chi connectivity index (χ1v) is 5.55. The Bertz CT molecular complexity index is 131. The number of ether oxygens (including phenoxy) is 2. The summed E-state index contributed by atoms with van der Waals surface area (Å²) in [5, 5.41) is 3.29. The van der Waals surface area contributed by atoms with Gasteiger partial charge < -0.3 is 14.8 Å². The first-order valence-electron chi connectivity index (χ1n) is 5.02. The Morgan fingerprint density at radius 3 is 2.50 bits per heavy atom. The smallest absolute Gasteiger partial charge is 0.0634 e. The molecule has 14 heavy (non-hydrogen) atoms. The standard InChI is InChI=1S/C10H22ClNO2/c1-10(2,13-3)4-6-12-7-9-14-8-5-11/h12H,4-9H2,1-3H3. The third-order valence-corrected chi connectivity index (χ3v) is 2.26. The van der Waals surface area contributed by atoms with Crippen LogP contribution in [0.4, 0.5) is 0 Å². The van der Waals surface area contributed by atoms with Gasteiger partial charge in [0.15, 0.2) is 0 Å². The third kappa shape index (κ3) is 8.75. The normalized spacial score (nSPS) is 12.0. The van der Waals surface area contributed by atoms with E-state index in [-0.39, 0.29) is 5.60 Å². The third-order valence-electron chi connectivity index (χ3n) is 2.10. The van der Waals surface area contributed by atoms with Gasteiger partial charge in [-0.3, -0.25) is 0 Å². The number of rotatable bonds is 9. The minimum atomic E-state index is -0.0377. The Morgan fingerprint density at radius 2 is 1.93 bits per heavy atom. The van der Waals surface area contributed by atoms with Crippen LogP contribution in [0.3, 0.4) is 0 Å². The molecule has 0 atom stereocenters. The number of methoxy groups -OCH3 is 1. The molecule has 0 spiro atoms. The van der Waals surface area contributed by atoms with Crippen molar-refractivity contribution in [2.24, 2.45) is 0 Å². The van der Waals surface area contributed by atoms with E-state index < -0.39 is 0 Å². The summed E-state index contributed by atoms with van der Waals surface area (Å²) in [6, 6.07) is 0. The molecule has 0 aromatic rings. The van der Waals surface area contributed by atoms with E-state index in [9.17, 15) is 0 Å². The predicted octanol–water partition coefficient (Wildman–Crippen LogP) is 1.65. The summed E-state index contributed by atoms with van der Waals surface area (Å²) in [7, 11) is 1.74. The molecule has 0 rings (SSSR count). The van der Waals surface area contributed by atoms with Gasteiger partial charge in [0.1, 0.15) is 0 Å². The number of halogens is 1. The average molecular weight is 224 g/mol. The average Bonchev–Trinajstić information content (AvgIpc) is 2.16. The lowest BCUT2D eigenvalue weighted by atomic mass is 10.1. The van der Waals surface area contributed by atoms with Crippen LogP contribution in [0.15, 0.2) is 0 Å². The predicted molar refractivity (Wildman–Crippen MR) is 60.1 cm³/mol. The van der Waals surface area contributed by atoms with E-state index in [1.807, 2.05) is 0 Å². The van der Waals surface area contributed by atoms with Gasteiger partial charge in [-0.2, -0.15) is 0 Å². The molecule has 86 valence electrons. The largest absolute Gasteiger partial charge is 0.379 e. The molecule has 0 fully saturated rings. The summed E-state index contributed by atoms with van der Waals surface area (Å²) in [6.07, 6.45) is 0.999. The van der Waals surface area contributed by atoms with E-state index in [1.165, 1.54) is 0 Å². The highest BCUT2D eigenvalue weighted by Crippen LogP contribution is 2.10. The molecular weight excluding hydrogens is 202 g/mol. The van der Waals surface area contributed by atoms with E-state index in [0.717, 1.165) is 26.1 Å². The molecule has 0 aromatic heterocycles. The van der Waals surface area contributed by atoms with Crippen molar-refractivity contribution in [3.63, 3.8) is 0 Å². The van der Waals surface area contributed by atoms with Crippen LogP contribution >= 0.6 is 11.6 Å². The maximum absolute atomic E-state index is 5.46. The molecule has 0 radical (unpaired) electrons. The zero-order valence-corrected chi connectivity index (χ0v) is 10.2. The molecule has 0 aromatic carbocycles. The van der Waals surface area contributed by atoms with Gasteiger partial charge in [-0.25, -0.2) is 0 Å². The minimum absolute atomic E-state index is 0.0377. The molecule has 4 heteroatoms. The monoisotopic (exact) mass is 223 g/mol. The summed E-state index contributed by atoms with van der Waals surface area (Å²) in [5.41, 5.74) is -0.0377. The van der Waals surface area contributed by atoms with Crippen LogP contribution in [-0.4, -0.2) is 44.9 Å². The van der Waals surface area contributed by atoms with Crippen molar-refractivity contribution in [1.82, 2.24) is 5.32 Å². The summed E-state index contributed by atoms with van der Waals surface area (Å²) >= 11 is 5.46. The molecule has 1 N–H and O–H groups in total. The van der Waals surface area contributed by atoms with Crippen molar-refractivity contribution in [1.29, 1.82) is 0 Å². The van der Waals surface area contributed by atoms with Crippen molar-refractivity contribution in [2.75, 3.05) is 39.3 Å².